The maximum atomic E-state index is 10.5. The van der Waals surface area contributed by atoms with Crippen molar-refractivity contribution in [2.24, 2.45) is 5.73 Å². The standard InChI is InChI=1S/C8H9N5O2S/c9-4(8(14)15)1-16-7-5-6(11-2-10-5)12-3-13-7/h2-4H,1,9H2,(H,14,15)(H,10,11,12,13). The Kier molecular flexibility index (Phi) is 3.02. The van der Waals surface area contributed by atoms with E-state index in [4.69, 9.17) is 10.8 Å². The summed E-state index contributed by atoms with van der Waals surface area (Å²) in [5.74, 6) is -0.775. The van der Waals surface area contributed by atoms with Crippen LogP contribution in [0.25, 0.3) is 11.2 Å². The van der Waals surface area contributed by atoms with Gasteiger partial charge in [0.1, 0.15) is 22.9 Å². The van der Waals surface area contributed by atoms with E-state index < -0.39 is 12.0 Å². The lowest BCUT2D eigenvalue weighted by Gasteiger charge is -2.05. The van der Waals surface area contributed by atoms with Crippen molar-refractivity contribution in [2.45, 2.75) is 11.1 Å². The summed E-state index contributed by atoms with van der Waals surface area (Å²) >= 11 is 1.26. The minimum atomic E-state index is -1.03. The van der Waals surface area contributed by atoms with E-state index >= 15 is 0 Å². The Hall–Kier alpha value is -1.67. The van der Waals surface area contributed by atoms with Gasteiger partial charge in [-0.1, -0.05) is 0 Å². The Bertz CT molecular complexity index is 514. The molecule has 2 aromatic rings. The van der Waals surface area contributed by atoms with Gasteiger partial charge in [0.15, 0.2) is 5.65 Å². The summed E-state index contributed by atoms with van der Waals surface area (Å²) < 4.78 is 0. The van der Waals surface area contributed by atoms with Crippen molar-refractivity contribution >= 4 is 28.9 Å². The molecular weight excluding hydrogens is 230 g/mol. The van der Waals surface area contributed by atoms with Crippen molar-refractivity contribution in [2.75, 3.05) is 5.75 Å². The number of rotatable bonds is 4. The first-order chi connectivity index (χ1) is 7.68. The first kappa shape index (κ1) is 10.8. The molecule has 2 rings (SSSR count). The van der Waals surface area contributed by atoms with Gasteiger partial charge in [0, 0.05) is 5.75 Å². The number of nitrogens with zero attached hydrogens (tertiary/aromatic N) is 3. The lowest BCUT2D eigenvalue weighted by molar-refractivity contribution is -0.137. The van der Waals surface area contributed by atoms with Gasteiger partial charge >= 0.3 is 5.97 Å². The van der Waals surface area contributed by atoms with E-state index in [9.17, 15) is 4.79 Å². The number of carbonyl (C=O) groups is 1. The molecule has 8 heteroatoms. The molecule has 84 valence electrons. The molecule has 0 bridgehead atoms. The predicted octanol–water partition coefficient (Wildman–Crippen LogP) is -0.143. The number of carboxylic acid groups (broad SMARTS) is 1. The Labute approximate surface area is 94.5 Å². The van der Waals surface area contributed by atoms with Gasteiger partial charge in [0.2, 0.25) is 0 Å². The molecule has 1 unspecified atom stereocenters. The third kappa shape index (κ3) is 2.12. The number of H-pyrrole nitrogens is 1. The fraction of sp³-hybridized carbons (Fsp3) is 0.250. The molecule has 0 amide bonds. The SMILES string of the molecule is NC(CSc1ncnc2nc[nH]c12)C(=O)O. The highest BCUT2D eigenvalue weighted by Gasteiger charge is 2.14. The Morgan fingerprint density at radius 1 is 1.56 bits per heavy atom. The van der Waals surface area contributed by atoms with E-state index in [1.54, 1.807) is 0 Å². The number of carboxylic acids is 1. The first-order valence-electron chi connectivity index (χ1n) is 4.43. The first-order valence-corrected chi connectivity index (χ1v) is 5.42. The normalized spacial score (nSPS) is 12.8. The highest BCUT2D eigenvalue weighted by Crippen LogP contribution is 2.21. The minimum absolute atomic E-state index is 0.250. The van der Waals surface area contributed by atoms with Crippen LogP contribution in [-0.2, 0) is 4.79 Å². The number of aliphatic carboxylic acids is 1. The lowest BCUT2D eigenvalue weighted by Crippen LogP contribution is -2.32. The van der Waals surface area contributed by atoms with Crippen LogP contribution in [0, 0.1) is 0 Å². The summed E-state index contributed by atoms with van der Waals surface area (Å²) in [6.45, 7) is 0. The van der Waals surface area contributed by atoms with Gasteiger partial charge in [0.05, 0.1) is 6.33 Å². The van der Waals surface area contributed by atoms with Gasteiger partial charge < -0.3 is 15.8 Å². The molecule has 4 N–H and O–H groups in total. The number of nitrogens with two attached hydrogens (primary N) is 1. The van der Waals surface area contributed by atoms with Crippen LogP contribution in [0.4, 0.5) is 0 Å². The number of imidazole rings is 1. The van der Waals surface area contributed by atoms with Crippen LogP contribution in [-0.4, -0.2) is 42.8 Å². The third-order valence-corrected chi connectivity index (χ3v) is 3.01. The fourth-order valence-electron chi connectivity index (χ4n) is 1.09. The van der Waals surface area contributed by atoms with Gasteiger partial charge in [-0.25, -0.2) is 15.0 Å². The van der Waals surface area contributed by atoms with Crippen molar-refractivity contribution in [1.82, 2.24) is 19.9 Å². The number of fused-ring (bicyclic) bond motifs is 1. The predicted molar refractivity (Wildman–Crippen MR) is 58.0 cm³/mol. The average Bonchev–Trinajstić information content (AvgIpc) is 2.73. The zero-order valence-electron chi connectivity index (χ0n) is 8.12. The quantitative estimate of drug-likeness (QED) is 0.501. The van der Waals surface area contributed by atoms with Crippen molar-refractivity contribution < 1.29 is 9.90 Å². The highest BCUT2D eigenvalue weighted by atomic mass is 32.2. The van der Waals surface area contributed by atoms with Gasteiger partial charge in [-0.05, 0) is 0 Å². The number of nitrogens with one attached hydrogen (secondary N) is 1. The summed E-state index contributed by atoms with van der Waals surface area (Å²) in [7, 11) is 0. The molecule has 0 radical (unpaired) electrons. The van der Waals surface area contributed by atoms with Crippen LogP contribution in [0.2, 0.25) is 0 Å². The van der Waals surface area contributed by atoms with Crippen molar-refractivity contribution in [3.8, 4) is 0 Å². The van der Waals surface area contributed by atoms with Gasteiger partial charge in [0.25, 0.3) is 0 Å². The van der Waals surface area contributed by atoms with E-state index in [1.165, 1.54) is 24.4 Å². The number of hydrogen-bond donors (Lipinski definition) is 3. The van der Waals surface area contributed by atoms with Gasteiger partial charge in [-0.2, -0.15) is 0 Å². The van der Waals surface area contributed by atoms with E-state index in [0.29, 0.717) is 16.2 Å². The lowest BCUT2D eigenvalue weighted by atomic mass is 10.4. The molecule has 0 aliphatic rings. The maximum absolute atomic E-state index is 10.5. The second kappa shape index (κ2) is 4.45. The molecule has 7 nitrogen and oxygen atoms in total. The molecule has 16 heavy (non-hydrogen) atoms. The van der Waals surface area contributed by atoms with Crippen LogP contribution in [0.1, 0.15) is 0 Å². The summed E-state index contributed by atoms with van der Waals surface area (Å²) in [4.78, 5) is 25.4. The van der Waals surface area contributed by atoms with Crippen LogP contribution in [0.5, 0.6) is 0 Å². The number of hydrogen-bond acceptors (Lipinski definition) is 6. The Balaban J connectivity index is 2.15. The molecule has 0 aliphatic carbocycles. The summed E-state index contributed by atoms with van der Waals surface area (Å²) in [6.07, 6.45) is 2.90. The third-order valence-electron chi connectivity index (χ3n) is 1.91. The maximum Gasteiger partial charge on any atom is 0.321 e. The second-order valence-electron chi connectivity index (χ2n) is 3.04. The van der Waals surface area contributed by atoms with Crippen LogP contribution >= 0.6 is 11.8 Å². The second-order valence-corrected chi connectivity index (χ2v) is 4.04. The van der Waals surface area contributed by atoms with E-state index in [2.05, 4.69) is 19.9 Å². The van der Waals surface area contributed by atoms with Crippen molar-refractivity contribution in [3.05, 3.63) is 12.7 Å². The zero-order chi connectivity index (χ0) is 11.5. The summed E-state index contributed by atoms with van der Waals surface area (Å²) in [5.41, 5.74) is 6.65. The molecular formula is C8H9N5O2S. The van der Waals surface area contributed by atoms with Gasteiger partial charge in [-0.3, -0.25) is 4.79 Å². The number of thioether (sulfide) groups is 1. The number of aromatic nitrogens is 4. The highest BCUT2D eigenvalue weighted by molar-refractivity contribution is 7.99. The van der Waals surface area contributed by atoms with E-state index in [-0.39, 0.29) is 5.75 Å². The van der Waals surface area contributed by atoms with Crippen LogP contribution in [0.15, 0.2) is 17.7 Å². The average molecular weight is 239 g/mol. The fourth-order valence-corrected chi connectivity index (χ4v) is 1.99. The molecule has 1 atom stereocenters. The monoisotopic (exact) mass is 239 g/mol. The Morgan fingerprint density at radius 2 is 2.38 bits per heavy atom. The topological polar surface area (TPSA) is 118 Å². The molecule has 0 fully saturated rings. The summed E-state index contributed by atoms with van der Waals surface area (Å²) in [5, 5.41) is 9.29. The molecule has 0 aromatic carbocycles. The molecule has 0 spiro atoms. The van der Waals surface area contributed by atoms with Crippen molar-refractivity contribution in [1.29, 1.82) is 0 Å². The van der Waals surface area contributed by atoms with E-state index in [0.717, 1.165) is 0 Å². The zero-order valence-corrected chi connectivity index (χ0v) is 8.94. The molecule has 2 heterocycles. The molecule has 0 saturated carbocycles. The smallest absolute Gasteiger partial charge is 0.321 e. The van der Waals surface area contributed by atoms with Crippen molar-refractivity contribution in [3.63, 3.8) is 0 Å². The Morgan fingerprint density at radius 3 is 3.12 bits per heavy atom. The molecule has 0 saturated heterocycles. The minimum Gasteiger partial charge on any atom is -0.480 e. The largest absolute Gasteiger partial charge is 0.480 e. The van der Waals surface area contributed by atoms with E-state index in [1.807, 2.05) is 0 Å². The summed E-state index contributed by atoms with van der Waals surface area (Å²) in [6, 6.07) is -0.905. The van der Waals surface area contributed by atoms with Crippen LogP contribution < -0.4 is 5.73 Å². The van der Waals surface area contributed by atoms with Crippen LogP contribution in [0.3, 0.4) is 0 Å². The number of aromatic amines is 1. The molecule has 0 aliphatic heterocycles. The van der Waals surface area contributed by atoms with Gasteiger partial charge in [-0.15, -0.1) is 11.8 Å². The molecule has 2 aromatic heterocycles.